The van der Waals surface area contributed by atoms with Gasteiger partial charge in [-0.15, -0.1) is 11.3 Å². The molecular weight excluding hydrogens is 406 g/mol. The van der Waals surface area contributed by atoms with Crippen molar-refractivity contribution in [3.8, 4) is 6.07 Å². The highest BCUT2D eigenvalue weighted by Crippen LogP contribution is 2.36. The van der Waals surface area contributed by atoms with Gasteiger partial charge in [0.15, 0.2) is 6.61 Å². The predicted octanol–water partition coefficient (Wildman–Crippen LogP) is 2.94. The van der Waals surface area contributed by atoms with Crippen molar-refractivity contribution in [2.75, 3.05) is 25.6 Å². The fourth-order valence-electron chi connectivity index (χ4n) is 2.93. The van der Waals surface area contributed by atoms with E-state index in [1.165, 1.54) is 29.4 Å². The van der Waals surface area contributed by atoms with Crippen LogP contribution in [0.5, 0.6) is 0 Å². The molecule has 0 saturated carbocycles. The summed E-state index contributed by atoms with van der Waals surface area (Å²) in [5.41, 5.74) is 2.13. The first kappa shape index (κ1) is 21.1. The van der Waals surface area contributed by atoms with Gasteiger partial charge in [-0.25, -0.2) is 9.59 Å². The SMILES string of the molecule is COC(=O)COC(=O)N1CCc2c(sc(NC(=O)C=Cc3ccccc3)c2C#N)C1. The van der Waals surface area contributed by atoms with Gasteiger partial charge in [-0.3, -0.25) is 4.79 Å². The Labute approximate surface area is 177 Å². The highest BCUT2D eigenvalue weighted by molar-refractivity contribution is 7.16. The van der Waals surface area contributed by atoms with Gasteiger partial charge in [0, 0.05) is 17.5 Å². The number of nitrogens with zero attached hydrogens (tertiary/aromatic N) is 2. The summed E-state index contributed by atoms with van der Waals surface area (Å²) in [6.07, 6.45) is 2.92. The number of ether oxygens (including phenoxy) is 2. The fourth-order valence-corrected chi connectivity index (χ4v) is 4.14. The lowest BCUT2D eigenvalue weighted by atomic mass is 10.0. The van der Waals surface area contributed by atoms with Crippen LogP contribution in [0.15, 0.2) is 36.4 Å². The lowest BCUT2D eigenvalue weighted by Crippen LogP contribution is -2.36. The maximum Gasteiger partial charge on any atom is 0.410 e. The third-order valence-corrected chi connectivity index (χ3v) is 5.56. The number of anilines is 1. The molecule has 2 aromatic rings. The number of methoxy groups -OCH3 is 1. The normalized spacial score (nSPS) is 12.7. The molecule has 9 heteroatoms. The first-order valence-corrected chi connectivity index (χ1v) is 9.90. The number of esters is 1. The van der Waals surface area contributed by atoms with Crippen LogP contribution < -0.4 is 5.32 Å². The predicted molar refractivity (Wildman–Crippen MR) is 111 cm³/mol. The van der Waals surface area contributed by atoms with E-state index in [-0.39, 0.29) is 12.5 Å². The Hall–Kier alpha value is -3.64. The minimum atomic E-state index is -0.641. The quantitative estimate of drug-likeness (QED) is 0.583. The smallest absolute Gasteiger partial charge is 0.410 e. The van der Waals surface area contributed by atoms with E-state index in [1.807, 2.05) is 30.3 Å². The molecule has 0 atom stereocenters. The molecule has 1 aliphatic rings. The zero-order valence-electron chi connectivity index (χ0n) is 16.2. The van der Waals surface area contributed by atoms with Crippen molar-refractivity contribution in [1.82, 2.24) is 4.90 Å². The highest BCUT2D eigenvalue weighted by atomic mass is 32.1. The average Bonchev–Trinajstić information content (AvgIpc) is 3.12. The Bertz CT molecular complexity index is 1020. The number of fused-ring (bicyclic) bond motifs is 1. The summed E-state index contributed by atoms with van der Waals surface area (Å²) in [7, 11) is 1.21. The zero-order valence-corrected chi connectivity index (χ0v) is 17.0. The summed E-state index contributed by atoms with van der Waals surface area (Å²) in [4.78, 5) is 37.8. The van der Waals surface area contributed by atoms with Gasteiger partial charge in [0.1, 0.15) is 11.1 Å². The van der Waals surface area contributed by atoms with Crippen molar-refractivity contribution in [1.29, 1.82) is 5.26 Å². The second-order valence-electron chi connectivity index (χ2n) is 6.36. The second-order valence-corrected chi connectivity index (χ2v) is 7.46. The van der Waals surface area contributed by atoms with Crippen molar-refractivity contribution in [2.24, 2.45) is 0 Å². The molecule has 1 aromatic heterocycles. The van der Waals surface area contributed by atoms with Crippen LogP contribution in [0.3, 0.4) is 0 Å². The number of thiophene rings is 1. The molecule has 2 heterocycles. The summed E-state index contributed by atoms with van der Waals surface area (Å²) in [6.45, 7) is 0.131. The van der Waals surface area contributed by atoms with Gasteiger partial charge in [-0.2, -0.15) is 5.26 Å². The number of hydrogen-bond donors (Lipinski definition) is 1. The molecule has 0 unspecified atom stereocenters. The maximum absolute atomic E-state index is 12.3. The fraction of sp³-hybridized carbons (Fsp3) is 0.238. The van der Waals surface area contributed by atoms with Crippen molar-refractivity contribution in [3.63, 3.8) is 0 Å². The van der Waals surface area contributed by atoms with Crippen LogP contribution in [0.2, 0.25) is 0 Å². The van der Waals surface area contributed by atoms with Crippen LogP contribution >= 0.6 is 11.3 Å². The molecule has 1 aromatic carbocycles. The van der Waals surface area contributed by atoms with E-state index in [4.69, 9.17) is 4.74 Å². The molecule has 30 heavy (non-hydrogen) atoms. The Morgan fingerprint density at radius 3 is 2.77 bits per heavy atom. The van der Waals surface area contributed by atoms with Crippen LogP contribution in [0, 0.1) is 11.3 Å². The number of hydrogen-bond acceptors (Lipinski definition) is 7. The van der Waals surface area contributed by atoms with Gasteiger partial charge in [0.05, 0.1) is 19.2 Å². The molecule has 1 N–H and O–H groups in total. The zero-order chi connectivity index (χ0) is 21.5. The molecule has 0 fully saturated rings. The topological polar surface area (TPSA) is 109 Å². The minimum absolute atomic E-state index is 0.240. The monoisotopic (exact) mass is 425 g/mol. The molecule has 3 rings (SSSR count). The van der Waals surface area contributed by atoms with E-state index in [9.17, 15) is 19.6 Å². The van der Waals surface area contributed by atoms with Gasteiger partial charge < -0.3 is 19.7 Å². The molecule has 8 nitrogen and oxygen atoms in total. The minimum Gasteiger partial charge on any atom is -0.466 e. The largest absolute Gasteiger partial charge is 0.466 e. The molecule has 154 valence electrons. The average molecular weight is 425 g/mol. The van der Waals surface area contributed by atoms with Crippen LogP contribution in [-0.2, 0) is 32.0 Å². The van der Waals surface area contributed by atoms with Crippen molar-refractivity contribution < 1.29 is 23.9 Å². The third kappa shape index (κ3) is 5.04. The number of amides is 2. The van der Waals surface area contributed by atoms with Crippen molar-refractivity contribution >= 4 is 40.4 Å². The van der Waals surface area contributed by atoms with Crippen LogP contribution in [0.4, 0.5) is 9.80 Å². The van der Waals surface area contributed by atoms with Gasteiger partial charge in [0.25, 0.3) is 0 Å². The highest BCUT2D eigenvalue weighted by Gasteiger charge is 2.28. The van der Waals surface area contributed by atoms with Crippen molar-refractivity contribution in [3.05, 3.63) is 58.0 Å². The molecule has 2 amide bonds. The van der Waals surface area contributed by atoms with E-state index in [0.717, 1.165) is 16.0 Å². The summed E-state index contributed by atoms with van der Waals surface area (Å²) in [5, 5.41) is 12.8. The molecule has 0 aliphatic carbocycles. The number of carbonyl (C=O) groups excluding carboxylic acids is 3. The van der Waals surface area contributed by atoms with Crippen LogP contribution in [0.25, 0.3) is 6.08 Å². The second kappa shape index (κ2) is 9.71. The first-order valence-electron chi connectivity index (χ1n) is 9.09. The Morgan fingerprint density at radius 1 is 1.30 bits per heavy atom. The van der Waals surface area contributed by atoms with E-state index < -0.39 is 18.7 Å². The molecule has 1 aliphatic heterocycles. The number of nitrogens with one attached hydrogen (secondary N) is 1. The summed E-state index contributed by atoms with van der Waals surface area (Å²) in [6, 6.07) is 11.5. The molecule has 0 bridgehead atoms. The van der Waals surface area contributed by atoms with Crippen LogP contribution in [-0.4, -0.2) is 43.1 Å². The van der Waals surface area contributed by atoms with Crippen molar-refractivity contribution in [2.45, 2.75) is 13.0 Å². The summed E-state index contributed by atoms with van der Waals surface area (Å²) < 4.78 is 9.37. The van der Waals surface area contributed by atoms with E-state index in [1.54, 1.807) is 6.08 Å². The van der Waals surface area contributed by atoms with E-state index in [0.29, 0.717) is 23.5 Å². The molecular formula is C21H19N3O5S. The standard InChI is InChI=1S/C21H19N3O5S/c1-28-19(26)13-29-21(27)24-10-9-15-16(11-22)20(30-17(15)12-24)23-18(25)8-7-14-5-3-2-4-6-14/h2-8H,9-10,12-13H2,1H3,(H,23,25). The lowest BCUT2D eigenvalue weighted by Gasteiger charge is -2.25. The number of carbonyl (C=O) groups is 3. The van der Waals surface area contributed by atoms with Gasteiger partial charge >= 0.3 is 12.1 Å². The molecule has 0 radical (unpaired) electrons. The van der Waals surface area contributed by atoms with Crippen LogP contribution in [0.1, 0.15) is 21.6 Å². The van der Waals surface area contributed by atoms with Gasteiger partial charge in [0.2, 0.25) is 5.91 Å². The first-order chi connectivity index (χ1) is 14.5. The van der Waals surface area contributed by atoms with Gasteiger partial charge in [-0.05, 0) is 23.6 Å². The Morgan fingerprint density at radius 2 is 2.07 bits per heavy atom. The third-order valence-electron chi connectivity index (χ3n) is 4.43. The van der Waals surface area contributed by atoms with Gasteiger partial charge in [-0.1, -0.05) is 30.3 Å². The Balaban J connectivity index is 1.68. The lowest BCUT2D eigenvalue weighted by molar-refractivity contribution is -0.144. The number of nitriles is 1. The summed E-state index contributed by atoms with van der Waals surface area (Å²) >= 11 is 1.26. The maximum atomic E-state index is 12.3. The Kier molecular flexibility index (Phi) is 6.83. The number of benzene rings is 1. The summed E-state index contributed by atoms with van der Waals surface area (Å²) in [5.74, 6) is -0.985. The molecule has 0 spiro atoms. The molecule has 0 saturated heterocycles. The van der Waals surface area contributed by atoms with E-state index in [2.05, 4.69) is 16.1 Å². The number of rotatable bonds is 5. The van der Waals surface area contributed by atoms with E-state index >= 15 is 0 Å².